The second kappa shape index (κ2) is 4.86. The van der Waals surface area contributed by atoms with E-state index in [0.717, 1.165) is 17.7 Å². The van der Waals surface area contributed by atoms with Gasteiger partial charge in [-0.1, -0.05) is 26.3 Å². The van der Waals surface area contributed by atoms with Gasteiger partial charge in [-0.25, -0.2) is 4.98 Å². The maximum atomic E-state index is 4.42. The van der Waals surface area contributed by atoms with E-state index in [4.69, 9.17) is 0 Å². The van der Waals surface area contributed by atoms with E-state index in [1.165, 1.54) is 24.8 Å². The van der Waals surface area contributed by atoms with Gasteiger partial charge in [0.15, 0.2) is 0 Å². The summed E-state index contributed by atoms with van der Waals surface area (Å²) >= 11 is 0. The third-order valence-corrected chi connectivity index (χ3v) is 4.00. The van der Waals surface area contributed by atoms with Crippen LogP contribution in [0.15, 0.2) is 18.3 Å². The average molecular weight is 218 g/mol. The fourth-order valence-corrected chi connectivity index (χ4v) is 2.77. The lowest BCUT2D eigenvalue weighted by Crippen LogP contribution is -2.25. The molecule has 1 aromatic heterocycles. The molecule has 0 aromatic carbocycles. The molecule has 1 aliphatic carbocycles. The lowest BCUT2D eigenvalue weighted by Gasteiger charge is -2.21. The van der Waals surface area contributed by atoms with Crippen LogP contribution in [0.25, 0.3) is 0 Å². The highest BCUT2D eigenvalue weighted by Gasteiger charge is 2.31. The zero-order valence-electron chi connectivity index (χ0n) is 10.5. The van der Waals surface area contributed by atoms with E-state index in [1.54, 1.807) is 0 Å². The van der Waals surface area contributed by atoms with Gasteiger partial charge in [0.25, 0.3) is 0 Å². The molecule has 3 atom stereocenters. The van der Waals surface area contributed by atoms with Crippen molar-refractivity contribution < 1.29 is 0 Å². The number of pyridine rings is 1. The number of nitrogens with one attached hydrogen (secondary N) is 1. The van der Waals surface area contributed by atoms with Gasteiger partial charge in [-0.2, -0.15) is 0 Å². The van der Waals surface area contributed by atoms with E-state index in [0.29, 0.717) is 6.04 Å². The summed E-state index contributed by atoms with van der Waals surface area (Å²) in [6.45, 7) is 6.74. The molecule has 0 bridgehead atoms. The fourth-order valence-electron chi connectivity index (χ4n) is 2.77. The smallest absolute Gasteiger partial charge is 0.126 e. The van der Waals surface area contributed by atoms with Crippen molar-refractivity contribution in [1.82, 2.24) is 4.98 Å². The van der Waals surface area contributed by atoms with Gasteiger partial charge in [0, 0.05) is 12.2 Å². The van der Waals surface area contributed by atoms with Gasteiger partial charge in [-0.3, -0.25) is 0 Å². The molecule has 1 saturated carbocycles. The summed E-state index contributed by atoms with van der Waals surface area (Å²) < 4.78 is 0. The molecule has 0 radical (unpaired) electrons. The Hall–Kier alpha value is -1.05. The van der Waals surface area contributed by atoms with E-state index in [9.17, 15) is 0 Å². The van der Waals surface area contributed by atoms with E-state index in [1.807, 2.05) is 6.20 Å². The number of anilines is 1. The first-order chi connectivity index (χ1) is 7.70. The van der Waals surface area contributed by atoms with Crippen LogP contribution in [0.5, 0.6) is 0 Å². The molecule has 88 valence electrons. The molecule has 1 N–H and O–H groups in total. The van der Waals surface area contributed by atoms with Crippen molar-refractivity contribution in [2.75, 3.05) is 5.32 Å². The van der Waals surface area contributed by atoms with E-state index in [2.05, 4.69) is 43.2 Å². The number of rotatable bonds is 3. The van der Waals surface area contributed by atoms with Gasteiger partial charge in [-0.15, -0.1) is 0 Å². The average Bonchev–Trinajstić information content (AvgIpc) is 2.63. The number of hydrogen-bond donors (Lipinski definition) is 1. The van der Waals surface area contributed by atoms with E-state index >= 15 is 0 Å². The summed E-state index contributed by atoms with van der Waals surface area (Å²) in [7, 11) is 0. The van der Waals surface area contributed by atoms with Crippen molar-refractivity contribution in [3.05, 3.63) is 23.9 Å². The first kappa shape index (κ1) is 11.4. The quantitative estimate of drug-likeness (QED) is 0.838. The highest BCUT2D eigenvalue weighted by molar-refractivity contribution is 5.36. The summed E-state index contributed by atoms with van der Waals surface area (Å²) in [6, 6.07) is 4.81. The van der Waals surface area contributed by atoms with Crippen LogP contribution in [-0.2, 0) is 0 Å². The first-order valence-electron chi connectivity index (χ1n) is 6.40. The third-order valence-electron chi connectivity index (χ3n) is 4.00. The van der Waals surface area contributed by atoms with Gasteiger partial charge < -0.3 is 5.32 Å². The predicted octanol–water partition coefficient (Wildman–Crippen LogP) is 3.63. The van der Waals surface area contributed by atoms with Gasteiger partial charge in [0.2, 0.25) is 0 Å². The Kier molecular flexibility index (Phi) is 3.47. The normalized spacial score (nSPS) is 29.3. The molecular formula is C14H22N2. The largest absolute Gasteiger partial charge is 0.367 e. The van der Waals surface area contributed by atoms with Crippen molar-refractivity contribution in [3.63, 3.8) is 0 Å². The second-order valence-electron chi connectivity index (χ2n) is 5.08. The zero-order valence-corrected chi connectivity index (χ0v) is 10.5. The lowest BCUT2D eigenvalue weighted by atomic mass is 9.93. The number of hydrogen-bond acceptors (Lipinski definition) is 2. The summed E-state index contributed by atoms with van der Waals surface area (Å²) in [5.74, 6) is 2.69. The van der Waals surface area contributed by atoms with Gasteiger partial charge in [0.05, 0.1) is 0 Å². The molecule has 2 rings (SSSR count). The first-order valence-corrected chi connectivity index (χ1v) is 6.40. The van der Waals surface area contributed by atoms with Crippen molar-refractivity contribution in [1.29, 1.82) is 0 Å². The molecule has 1 heterocycles. The number of aryl methyl sites for hydroxylation is 1. The van der Waals surface area contributed by atoms with Gasteiger partial charge >= 0.3 is 0 Å². The van der Waals surface area contributed by atoms with Crippen molar-refractivity contribution in [2.45, 2.75) is 46.1 Å². The van der Waals surface area contributed by atoms with E-state index < -0.39 is 0 Å². The minimum atomic E-state index is 0.611. The van der Waals surface area contributed by atoms with Crippen LogP contribution in [0.4, 0.5) is 5.82 Å². The summed E-state index contributed by atoms with van der Waals surface area (Å²) in [4.78, 5) is 4.42. The van der Waals surface area contributed by atoms with Crippen LogP contribution >= 0.6 is 0 Å². The molecule has 16 heavy (non-hydrogen) atoms. The van der Waals surface area contributed by atoms with Crippen LogP contribution in [0.3, 0.4) is 0 Å². The fraction of sp³-hybridized carbons (Fsp3) is 0.643. The Balaban J connectivity index is 1.98. The lowest BCUT2D eigenvalue weighted by molar-refractivity contribution is 0.391. The van der Waals surface area contributed by atoms with Crippen molar-refractivity contribution >= 4 is 5.82 Å². The molecule has 3 unspecified atom stereocenters. The molecule has 1 fully saturated rings. The van der Waals surface area contributed by atoms with E-state index in [-0.39, 0.29) is 0 Å². The predicted molar refractivity (Wildman–Crippen MR) is 68.6 cm³/mol. The highest BCUT2D eigenvalue weighted by atomic mass is 15.0. The number of aromatic nitrogens is 1. The van der Waals surface area contributed by atoms with Crippen LogP contribution < -0.4 is 5.32 Å². The minimum absolute atomic E-state index is 0.611. The standard InChI is InChI=1S/C14H22N2/c1-4-12-6-7-13(11(12)3)16-14-8-5-10(2)9-15-14/h5,8-9,11-13H,4,6-7H2,1-3H3,(H,15,16). The van der Waals surface area contributed by atoms with Gasteiger partial charge in [-0.05, 0) is 43.2 Å². The molecule has 0 spiro atoms. The third kappa shape index (κ3) is 2.37. The Morgan fingerprint density at radius 1 is 1.38 bits per heavy atom. The summed E-state index contributed by atoms with van der Waals surface area (Å²) in [6.07, 6.45) is 5.89. The maximum Gasteiger partial charge on any atom is 0.126 e. The Bertz CT molecular complexity index is 331. The molecular weight excluding hydrogens is 196 g/mol. The zero-order chi connectivity index (χ0) is 11.5. The van der Waals surface area contributed by atoms with Crippen LogP contribution in [-0.4, -0.2) is 11.0 Å². The molecule has 1 aliphatic rings. The van der Waals surface area contributed by atoms with Crippen molar-refractivity contribution in [2.24, 2.45) is 11.8 Å². The maximum absolute atomic E-state index is 4.42. The summed E-state index contributed by atoms with van der Waals surface area (Å²) in [5.41, 5.74) is 1.22. The van der Waals surface area contributed by atoms with Crippen LogP contribution in [0.2, 0.25) is 0 Å². The number of nitrogens with zero attached hydrogens (tertiary/aromatic N) is 1. The van der Waals surface area contributed by atoms with Gasteiger partial charge in [0.1, 0.15) is 5.82 Å². The highest BCUT2D eigenvalue weighted by Crippen LogP contribution is 2.35. The monoisotopic (exact) mass is 218 g/mol. The summed E-state index contributed by atoms with van der Waals surface area (Å²) in [5, 5.41) is 3.57. The SMILES string of the molecule is CCC1CCC(Nc2ccc(C)cn2)C1C. The molecule has 1 aromatic rings. The van der Waals surface area contributed by atoms with Crippen LogP contribution in [0.1, 0.15) is 38.7 Å². The molecule has 2 heteroatoms. The van der Waals surface area contributed by atoms with Crippen LogP contribution in [0, 0.1) is 18.8 Å². The Morgan fingerprint density at radius 3 is 2.75 bits per heavy atom. The Morgan fingerprint density at radius 2 is 2.19 bits per heavy atom. The molecule has 0 aliphatic heterocycles. The van der Waals surface area contributed by atoms with Crippen molar-refractivity contribution in [3.8, 4) is 0 Å². The topological polar surface area (TPSA) is 24.9 Å². The minimum Gasteiger partial charge on any atom is -0.367 e. The Labute approximate surface area is 98.5 Å². The molecule has 2 nitrogen and oxygen atoms in total. The second-order valence-corrected chi connectivity index (χ2v) is 5.08. The molecule has 0 saturated heterocycles. The molecule has 0 amide bonds.